The number of hydrogen-bond acceptors (Lipinski definition) is 5. The van der Waals surface area contributed by atoms with E-state index in [9.17, 15) is 14.7 Å². The highest BCUT2D eigenvalue weighted by Gasteiger charge is 2.50. The smallest absolute Gasteiger partial charge is 0.264 e. The molecule has 3 rings (SSSR count). The normalized spacial score (nSPS) is 18.1. The van der Waals surface area contributed by atoms with Crippen molar-refractivity contribution in [3.63, 3.8) is 0 Å². The molecule has 0 radical (unpaired) electrons. The van der Waals surface area contributed by atoms with Gasteiger partial charge in [0.1, 0.15) is 5.78 Å². The van der Waals surface area contributed by atoms with E-state index in [-0.39, 0.29) is 12.2 Å². The Morgan fingerprint density at radius 3 is 2.54 bits per heavy atom. The number of ether oxygens (including phenoxy) is 2. The van der Waals surface area contributed by atoms with Gasteiger partial charge in [-0.1, -0.05) is 30.3 Å². The average Bonchev–Trinajstić information content (AvgIpc) is 2.87. The molecule has 1 aliphatic rings. The Kier molecular flexibility index (Phi) is 5.70. The summed E-state index contributed by atoms with van der Waals surface area (Å²) in [5, 5.41) is 11.0. The first-order chi connectivity index (χ1) is 13.4. The molecule has 0 aromatic heterocycles. The minimum atomic E-state index is -1.79. The molecular formula is C22H25NO5. The molecule has 28 heavy (non-hydrogen) atoms. The predicted octanol–water partition coefficient (Wildman–Crippen LogP) is 2.99. The number of nitrogens with zero attached hydrogens (tertiary/aromatic N) is 1. The van der Waals surface area contributed by atoms with E-state index >= 15 is 0 Å². The second-order valence-electron chi connectivity index (χ2n) is 7.02. The monoisotopic (exact) mass is 383 g/mol. The first-order valence-corrected chi connectivity index (χ1v) is 9.28. The van der Waals surface area contributed by atoms with Crippen molar-refractivity contribution < 1.29 is 24.2 Å². The first kappa shape index (κ1) is 19.9. The van der Waals surface area contributed by atoms with Crippen molar-refractivity contribution in [1.29, 1.82) is 0 Å². The Balaban J connectivity index is 1.74. The van der Waals surface area contributed by atoms with Gasteiger partial charge in [0.2, 0.25) is 0 Å². The number of anilines is 1. The number of hydrogen-bond donors (Lipinski definition) is 1. The lowest BCUT2D eigenvalue weighted by atomic mass is 9.89. The summed E-state index contributed by atoms with van der Waals surface area (Å²) in [7, 11) is 1.58. The summed E-state index contributed by atoms with van der Waals surface area (Å²) >= 11 is 0. The summed E-state index contributed by atoms with van der Waals surface area (Å²) in [6.07, 6.45) is 0.338. The van der Waals surface area contributed by atoms with E-state index in [1.165, 1.54) is 6.92 Å². The third-order valence-corrected chi connectivity index (χ3v) is 4.91. The Hall–Kier alpha value is -2.86. The van der Waals surface area contributed by atoms with Crippen LogP contribution in [0.15, 0.2) is 42.5 Å². The van der Waals surface area contributed by atoms with Crippen LogP contribution in [0.4, 0.5) is 5.69 Å². The van der Waals surface area contributed by atoms with Gasteiger partial charge in [0.15, 0.2) is 17.1 Å². The highest BCUT2D eigenvalue weighted by atomic mass is 16.5. The molecule has 0 unspecified atom stereocenters. The van der Waals surface area contributed by atoms with Crippen LogP contribution in [-0.2, 0) is 15.2 Å². The number of aryl methyl sites for hydroxylation is 1. The molecule has 1 atom stereocenters. The number of rotatable bonds is 8. The van der Waals surface area contributed by atoms with E-state index < -0.39 is 11.5 Å². The molecule has 0 fully saturated rings. The maximum Gasteiger partial charge on any atom is 0.264 e. The molecular weight excluding hydrogens is 358 g/mol. The quantitative estimate of drug-likeness (QED) is 0.709. The van der Waals surface area contributed by atoms with E-state index in [1.807, 2.05) is 37.3 Å². The molecule has 2 aromatic rings. The van der Waals surface area contributed by atoms with Crippen LogP contribution in [0.1, 0.15) is 30.9 Å². The Morgan fingerprint density at radius 2 is 1.86 bits per heavy atom. The highest BCUT2D eigenvalue weighted by Crippen LogP contribution is 2.44. The molecule has 6 nitrogen and oxygen atoms in total. The number of aliphatic hydroxyl groups is 1. The van der Waals surface area contributed by atoms with Crippen molar-refractivity contribution in [2.75, 3.05) is 25.2 Å². The highest BCUT2D eigenvalue weighted by molar-refractivity contribution is 6.09. The molecule has 1 amide bonds. The van der Waals surface area contributed by atoms with Crippen LogP contribution in [0.2, 0.25) is 0 Å². The van der Waals surface area contributed by atoms with Gasteiger partial charge in [-0.15, -0.1) is 0 Å². The molecule has 1 N–H and O–H groups in total. The fourth-order valence-electron chi connectivity index (χ4n) is 3.68. The standard InChI is InChI=1S/C22H25NO5/c1-15-8-6-9-17-20(15)23(21(25)22(17,26)14-16(2)24)12-7-13-28-19-11-5-4-10-18(19)27-3/h4-6,8-11,26H,7,12-14H2,1-3H3/t22-/m1/s1. The number of benzene rings is 2. The number of Topliss-reactive ketones (excluding diaryl/α,β-unsaturated/α-hetero) is 1. The van der Waals surface area contributed by atoms with Crippen molar-refractivity contribution in [1.82, 2.24) is 0 Å². The van der Waals surface area contributed by atoms with Crippen molar-refractivity contribution in [3.05, 3.63) is 53.6 Å². The second kappa shape index (κ2) is 8.02. The number of carbonyl (C=O) groups excluding carboxylic acids is 2. The van der Waals surface area contributed by atoms with Gasteiger partial charge in [-0.3, -0.25) is 9.59 Å². The van der Waals surface area contributed by atoms with Gasteiger partial charge in [0.05, 0.1) is 19.4 Å². The van der Waals surface area contributed by atoms with E-state index in [2.05, 4.69) is 0 Å². The number of para-hydroxylation sites is 3. The number of methoxy groups -OCH3 is 1. The number of ketones is 1. The topological polar surface area (TPSA) is 76.1 Å². The SMILES string of the molecule is COc1ccccc1OCCCN1C(=O)[C@@](O)(CC(C)=O)c2cccc(C)c21. The zero-order valence-electron chi connectivity index (χ0n) is 16.4. The van der Waals surface area contributed by atoms with Crippen LogP contribution in [0, 0.1) is 6.92 Å². The summed E-state index contributed by atoms with van der Waals surface area (Å²) in [6, 6.07) is 12.8. The van der Waals surface area contributed by atoms with Crippen LogP contribution in [0.25, 0.3) is 0 Å². The fraction of sp³-hybridized carbons (Fsp3) is 0.364. The molecule has 0 saturated carbocycles. The van der Waals surface area contributed by atoms with Gasteiger partial charge in [0, 0.05) is 18.5 Å². The van der Waals surface area contributed by atoms with Gasteiger partial charge >= 0.3 is 0 Å². The summed E-state index contributed by atoms with van der Waals surface area (Å²) in [5.74, 6) is 0.605. The minimum absolute atomic E-state index is 0.226. The molecule has 0 saturated heterocycles. The molecule has 6 heteroatoms. The lowest BCUT2D eigenvalue weighted by Gasteiger charge is -2.22. The summed E-state index contributed by atoms with van der Waals surface area (Å²) < 4.78 is 11.0. The van der Waals surface area contributed by atoms with Crippen LogP contribution in [0.5, 0.6) is 11.5 Å². The fourth-order valence-corrected chi connectivity index (χ4v) is 3.68. The maximum absolute atomic E-state index is 13.0. The van der Waals surface area contributed by atoms with Crippen LogP contribution in [-0.4, -0.2) is 37.1 Å². The zero-order valence-corrected chi connectivity index (χ0v) is 16.4. The minimum Gasteiger partial charge on any atom is -0.493 e. The molecule has 0 bridgehead atoms. The third kappa shape index (κ3) is 3.60. The molecule has 2 aromatic carbocycles. The van der Waals surface area contributed by atoms with Crippen LogP contribution in [0.3, 0.4) is 0 Å². The van der Waals surface area contributed by atoms with Crippen molar-refractivity contribution in [2.24, 2.45) is 0 Å². The van der Waals surface area contributed by atoms with E-state index in [1.54, 1.807) is 24.1 Å². The second-order valence-corrected chi connectivity index (χ2v) is 7.02. The van der Waals surface area contributed by atoms with Gasteiger partial charge in [-0.05, 0) is 38.0 Å². The Morgan fingerprint density at radius 1 is 1.14 bits per heavy atom. The Labute approximate surface area is 164 Å². The molecule has 1 aliphatic heterocycles. The van der Waals surface area contributed by atoms with Gasteiger partial charge in [-0.2, -0.15) is 0 Å². The predicted molar refractivity (Wildman–Crippen MR) is 106 cm³/mol. The number of amides is 1. The average molecular weight is 383 g/mol. The zero-order chi connectivity index (χ0) is 20.3. The molecule has 148 valence electrons. The first-order valence-electron chi connectivity index (χ1n) is 9.28. The van der Waals surface area contributed by atoms with Gasteiger partial charge in [0.25, 0.3) is 5.91 Å². The maximum atomic E-state index is 13.0. The van der Waals surface area contributed by atoms with E-state index in [4.69, 9.17) is 9.47 Å². The largest absolute Gasteiger partial charge is 0.493 e. The Bertz CT molecular complexity index is 894. The molecule has 1 heterocycles. The van der Waals surface area contributed by atoms with E-state index in [0.29, 0.717) is 42.3 Å². The van der Waals surface area contributed by atoms with Gasteiger partial charge in [-0.25, -0.2) is 0 Å². The van der Waals surface area contributed by atoms with Crippen molar-refractivity contribution in [2.45, 2.75) is 32.3 Å². The van der Waals surface area contributed by atoms with Gasteiger partial charge < -0.3 is 19.5 Å². The van der Waals surface area contributed by atoms with Crippen LogP contribution >= 0.6 is 0 Å². The van der Waals surface area contributed by atoms with Crippen molar-refractivity contribution in [3.8, 4) is 11.5 Å². The number of carbonyl (C=O) groups is 2. The van der Waals surface area contributed by atoms with Crippen LogP contribution < -0.4 is 14.4 Å². The summed E-state index contributed by atoms with van der Waals surface area (Å²) in [6.45, 7) is 4.04. The van der Waals surface area contributed by atoms with Crippen molar-refractivity contribution >= 4 is 17.4 Å². The summed E-state index contributed by atoms with van der Waals surface area (Å²) in [4.78, 5) is 26.2. The number of fused-ring (bicyclic) bond motifs is 1. The molecule has 0 spiro atoms. The van der Waals surface area contributed by atoms with E-state index in [0.717, 1.165) is 5.56 Å². The lowest BCUT2D eigenvalue weighted by Crippen LogP contribution is -2.42. The lowest BCUT2D eigenvalue weighted by molar-refractivity contribution is -0.141. The third-order valence-electron chi connectivity index (χ3n) is 4.91. The summed E-state index contributed by atoms with van der Waals surface area (Å²) in [5.41, 5.74) is 0.277. The molecule has 0 aliphatic carbocycles.